The van der Waals surface area contributed by atoms with E-state index in [0.29, 0.717) is 18.9 Å². The molecule has 1 aromatic rings. The quantitative estimate of drug-likeness (QED) is 0.746. The molecule has 1 aromatic heterocycles. The van der Waals surface area contributed by atoms with Gasteiger partial charge in [0, 0.05) is 30.5 Å². The number of carbonyl (C=O) groups excluding carboxylic acids is 1. The summed E-state index contributed by atoms with van der Waals surface area (Å²) in [6.45, 7) is 3.38. The van der Waals surface area contributed by atoms with Crippen LogP contribution < -0.4 is 10.6 Å². The highest BCUT2D eigenvalue weighted by atomic mass is 32.2. The van der Waals surface area contributed by atoms with E-state index in [9.17, 15) is 13.2 Å². The summed E-state index contributed by atoms with van der Waals surface area (Å²) < 4.78 is 23.8. The molecule has 0 spiro atoms. The molecule has 2 fully saturated rings. The molecule has 1 aliphatic carbocycles. The molecule has 3 aliphatic rings. The van der Waals surface area contributed by atoms with Crippen LogP contribution in [0.4, 0.5) is 4.79 Å². The average molecular weight is 379 g/mol. The normalized spacial score (nSPS) is 26.9. The van der Waals surface area contributed by atoms with Crippen molar-refractivity contribution in [3.05, 3.63) is 22.8 Å². The van der Waals surface area contributed by atoms with Crippen molar-refractivity contribution in [3.63, 3.8) is 0 Å². The van der Waals surface area contributed by atoms with E-state index in [-0.39, 0.29) is 36.2 Å². The molecule has 0 radical (unpaired) electrons. The van der Waals surface area contributed by atoms with Crippen molar-refractivity contribution in [2.24, 2.45) is 0 Å². The van der Waals surface area contributed by atoms with Gasteiger partial charge in [-0.2, -0.15) is 0 Å². The summed E-state index contributed by atoms with van der Waals surface area (Å²) in [6.07, 6.45) is 4.33. The van der Waals surface area contributed by atoms with Crippen molar-refractivity contribution in [2.75, 3.05) is 24.6 Å². The minimum atomic E-state index is -3.09. The number of fused-ring (bicyclic) bond motifs is 2. The molecule has 0 aromatic carbocycles. The lowest BCUT2D eigenvalue weighted by molar-refractivity contribution is 0.151. The highest BCUT2D eigenvalue weighted by Crippen LogP contribution is 2.23. The maximum atomic E-state index is 12.6. The Balaban J connectivity index is 1.43. The van der Waals surface area contributed by atoms with Crippen LogP contribution in [0.1, 0.15) is 35.6 Å². The number of nitrogens with one attached hydrogen (secondary N) is 2. The number of sulfone groups is 1. The van der Waals surface area contributed by atoms with Crippen molar-refractivity contribution in [1.29, 1.82) is 0 Å². The zero-order valence-corrected chi connectivity index (χ0v) is 15.8. The fraction of sp³-hybridized carbons (Fsp3) is 0.706. The zero-order valence-electron chi connectivity index (χ0n) is 15.0. The fourth-order valence-electron chi connectivity index (χ4n) is 4.30. The average Bonchev–Trinajstić information content (AvgIpc) is 2.93. The molecule has 3 heterocycles. The summed E-state index contributed by atoms with van der Waals surface area (Å²) >= 11 is 0. The highest BCUT2D eigenvalue weighted by molar-refractivity contribution is 7.91. The number of rotatable bonds is 2. The number of urea groups is 1. The van der Waals surface area contributed by atoms with Crippen molar-refractivity contribution in [2.45, 2.75) is 51.2 Å². The molecular weight excluding hydrogens is 354 g/mol. The molecule has 0 saturated carbocycles. The minimum absolute atomic E-state index is 0.0343. The first kappa shape index (κ1) is 17.7. The topological polar surface area (TPSA) is 104 Å². The van der Waals surface area contributed by atoms with Gasteiger partial charge in [-0.15, -0.1) is 0 Å². The van der Waals surface area contributed by atoms with Crippen LogP contribution in [0.25, 0.3) is 0 Å². The Labute approximate surface area is 153 Å². The van der Waals surface area contributed by atoms with Crippen LogP contribution in [-0.2, 0) is 29.2 Å². The number of aromatic nitrogens is 2. The largest absolute Gasteiger partial charge is 0.331 e. The van der Waals surface area contributed by atoms with E-state index in [1.165, 1.54) is 12.0 Å². The van der Waals surface area contributed by atoms with Crippen LogP contribution in [0.5, 0.6) is 0 Å². The number of nitrogens with zero attached hydrogens (tertiary/aromatic N) is 3. The number of aryl methyl sites for hydroxylation is 2. The Kier molecular flexibility index (Phi) is 4.60. The fourth-order valence-corrected chi connectivity index (χ4v) is 6.25. The number of carbonyl (C=O) groups is 1. The van der Waals surface area contributed by atoms with Gasteiger partial charge in [0.15, 0.2) is 9.84 Å². The first-order chi connectivity index (χ1) is 12.4. The monoisotopic (exact) mass is 379 g/mol. The molecule has 8 nitrogen and oxygen atoms in total. The van der Waals surface area contributed by atoms with Crippen LogP contribution in [-0.4, -0.2) is 66.0 Å². The highest BCUT2D eigenvalue weighted by Gasteiger charge is 2.44. The molecule has 0 bridgehead atoms. The molecule has 0 unspecified atom stereocenters. The number of piperazine rings is 1. The molecule has 2 saturated heterocycles. The van der Waals surface area contributed by atoms with Gasteiger partial charge in [0.2, 0.25) is 0 Å². The van der Waals surface area contributed by atoms with E-state index < -0.39 is 9.84 Å². The maximum absolute atomic E-state index is 12.6. The molecule has 2 amide bonds. The second-order valence-electron chi connectivity index (χ2n) is 7.41. The number of amides is 2. The van der Waals surface area contributed by atoms with Crippen molar-refractivity contribution in [3.8, 4) is 0 Å². The van der Waals surface area contributed by atoms with Gasteiger partial charge in [0.1, 0.15) is 5.82 Å². The third kappa shape index (κ3) is 3.42. The Morgan fingerprint density at radius 1 is 1.27 bits per heavy atom. The van der Waals surface area contributed by atoms with E-state index in [4.69, 9.17) is 0 Å². The summed E-state index contributed by atoms with van der Waals surface area (Å²) in [5, 5.41) is 6.09. The molecule has 2 N–H and O–H groups in total. The van der Waals surface area contributed by atoms with Gasteiger partial charge in [0.05, 0.1) is 24.1 Å². The predicted molar refractivity (Wildman–Crippen MR) is 96.6 cm³/mol. The van der Waals surface area contributed by atoms with Gasteiger partial charge >= 0.3 is 6.03 Å². The number of hydrogen-bond acceptors (Lipinski definition) is 6. The van der Waals surface area contributed by atoms with E-state index in [2.05, 4.69) is 20.6 Å². The summed E-state index contributed by atoms with van der Waals surface area (Å²) in [6, 6.07) is -0.695. The van der Waals surface area contributed by atoms with Gasteiger partial charge < -0.3 is 15.5 Å². The Hall–Kier alpha value is -1.74. The number of hydrogen-bond donors (Lipinski definition) is 2. The van der Waals surface area contributed by atoms with Crippen LogP contribution in [0.3, 0.4) is 0 Å². The summed E-state index contributed by atoms with van der Waals surface area (Å²) in [7, 11) is -3.09. The van der Waals surface area contributed by atoms with Gasteiger partial charge in [-0.05, 0) is 38.2 Å². The minimum Gasteiger partial charge on any atom is -0.331 e. The van der Waals surface area contributed by atoms with Crippen LogP contribution in [0.15, 0.2) is 0 Å². The second-order valence-corrected chi connectivity index (χ2v) is 9.57. The Bertz CT molecular complexity index is 826. The SMILES string of the molecule is Cc1nc(CNC(=O)N2CCN[C@H]3CS(=O)(=O)C[C@H]32)nc2c1CCCC2. The lowest BCUT2D eigenvalue weighted by Crippen LogP contribution is -2.60. The maximum Gasteiger partial charge on any atom is 0.318 e. The summed E-state index contributed by atoms with van der Waals surface area (Å²) in [5.74, 6) is 0.767. The molecule has 9 heteroatoms. The van der Waals surface area contributed by atoms with E-state index in [1.54, 1.807) is 4.90 Å². The molecule has 2 atom stereocenters. The summed E-state index contributed by atoms with van der Waals surface area (Å²) in [5.41, 5.74) is 3.37. The van der Waals surface area contributed by atoms with Crippen LogP contribution in [0.2, 0.25) is 0 Å². The van der Waals surface area contributed by atoms with Crippen LogP contribution >= 0.6 is 0 Å². The second kappa shape index (κ2) is 6.77. The molecule has 4 rings (SSSR count). The molecule has 142 valence electrons. The van der Waals surface area contributed by atoms with Crippen molar-refractivity contribution >= 4 is 15.9 Å². The third-order valence-electron chi connectivity index (χ3n) is 5.58. The van der Waals surface area contributed by atoms with Gasteiger partial charge in [-0.3, -0.25) is 0 Å². The molecule has 2 aliphatic heterocycles. The molecule has 26 heavy (non-hydrogen) atoms. The predicted octanol–water partition coefficient (Wildman–Crippen LogP) is -0.0558. The lowest BCUT2D eigenvalue weighted by atomic mass is 9.95. The standard InChI is InChI=1S/C17H25N5O3S/c1-11-12-4-2-3-5-13(12)21-16(20-11)8-19-17(23)22-7-6-18-14-9-26(24,25)10-15(14)22/h14-15,18H,2-10H2,1H3,(H,19,23)/t14-,15+/m0/s1. The summed E-state index contributed by atoms with van der Waals surface area (Å²) in [4.78, 5) is 23.5. The van der Waals surface area contributed by atoms with Gasteiger partial charge in [-0.25, -0.2) is 23.2 Å². The van der Waals surface area contributed by atoms with Gasteiger partial charge in [0.25, 0.3) is 0 Å². The molecular formula is C17H25N5O3S. The van der Waals surface area contributed by atoms with E-state index in [0.717, 1.165) is 30.7 Å². The smallest absolute Gasteiger partial charge is 0.318 e. The Morgan fingerprint density at radius 2 is 2.08 bits per heavy atom. The lowest BCUT2D eigenvalue weighted by Gasteiger charge is -2.37. The van der Waals surface area contributed by atoms with Crippen LogP contribution in [0, 0.1) is 6.92 Å². The zero-order chi connectivity index (χ0) is 18.3. The van der Waals surface area contributed by atoms with Gasteiger partial charge in [-0.1, -0.05) is 0 Å². The van der Waals surface area contributed by atoms with Crippen molar-refractivity contribution in [1.82, 2.24) is 25.5 Å². The van der Waals surface area contributed by atoms with Crippen molar-refractivity contribution < 1.29 is 13.2 Å². The third-order valence-corrected chi connectivity index (χ3v) is 7.29. The first-order valence-corrected chi connectivity index (χ1v) is 11.1. The Morgan fingerprint density at radius 3 is 2.92 bits per heavy atom. The van der Waals surface area contributed by atoms with E-state index >= 15 is 0 Å². The van der Waals surface area contributed by atoms with E-state index in [1.807, 2.05) is 6.92 Å². The first-order valence-electron chi connectivity index (χ1n) is 9.26.